The second-order valence-corrected chi connectivity index (χ2v) is 8.78. The molecule has 3 aromatic rings. The zero-order chi connectivity index (χ0) is 20.1. The van der Waals surface area contributed by atoms with Crippen LogP contribution in [0.25, 0.3) is 11.1 Å². The van der Waals surface area contributed by atoms with Gasteiger partial charge in [-0.1, -0.05) is 80.6 Å². The van der Waals surface area contributed by atoms with E-state index in [-0.39, 0.29) is 6.04 Å². The van der Waals surface area contributed by atoms with E-state index in [1.54, 1.807) is 0 Å². The van der Waals surface area contributed by atoms with Gasteiger partial charge in [0, 0.05) is 11.1 Å². The van der Waals surface area contributed by atoms with Gasteiger partial charge in [-0.15, -0.1) is 0 Å². The van der Waals surface area contributed by atoms with Gasteiger partial charge in [-0.05, 0) is 37.1 Å². The van der Waals surface area contributed by atoms with Crippen LogP contribution in [-0.2, 0) is 0 Å². The molecule has 0 aromatic heterocycles. The van der Waals surface area contributed by atoms with Crippen molar-refractivity contribution in [2.24, 2.45) is 5.92 Å². The lowest BCUT2D eigenvalue weighted by Gasteiger charge is -2.32. The molecule has 146 valence electrons. The van der Waals surface area contributed by atoms with E-state index in [0.29, 0.717) is 18.0 Å². The van der Waals surface area contributed by atoms with Crippen molar-refractivity contribution in [3.8, 4) is 11.1 Å². The fourth-order valence-electron chi connectivity index (χ4n) is 5.38. The fourth-order valence-corrected chi connectivity index (χ4v) is 5.38. The molecule has 1 aliphatic carbocycles. The summed E-state index contributed by atoms with van der Waals surface area (Å²) in [6, 6.07) is 29.9. The molecule has 0 bridgehead atoms. The predicted molar refractivity (Wildman–Crippen MR) is 122 cm³/mol. The summed E-state index contributed by atoms with van der Waals surface area (Å²) in [5.41, 5.74) is 6.92. The minimum absolute atomic E-state index is 0.281. The monoisotopic (exact) mass is 381 g/mol. The lowest BCUT2D eigenvalue weighted by atomic mass is 9.78. The van der Waals surface area contributed by atoms with Gasteiger partial charge in [0.1, 0.15) is 5.69 Å². The van der Waals surface area contributed by atoms with Crippen LogP contribution >= 0.6 is 0 Å². The van der Waals surface area contributed by atoms with E-state index in [2.05, 4.69) is 116 Å². The Bertz CT molecular complexity index is 1060. The number of amidine groups is 1. The van der Waals surface area contributed by atoms with E-state index < -0.39 is 0 Å². The summed E-state index contributed by atoms with van der Waals surface area (Å²) in [5, 5.41) is 0. The maximum Gasteiger partial charge on any atom is 0.256 e. The third-order valence-corrected chi connectivity index (χ3v) is 6.34. The molecule has 5 rings (SSSR count). The Balaban J connectivity index is 1.85. The number of hydrogen-bond donors (Lipinski definition) is 0. The van der Waals surface area contributed by atoms with Crippen molar-refractivity contribution in [3.63, 3.8) is 0 Å². The van der Waals surface area contributed by atoms with Crippen LogP contribution in [0.15, 0.2) is 78.9 Å². The van der Waals surface area contributed by atoms with Crippen molar-refractivity contribution >= 4 is 11.5 Å². The minimum atomic E-state index is 0.281. The number of benzene rings is 3. The average molecular weight is 382 g/mol. The molecule has 2 nitrogen and oxygen atoms in total. The number of nitrogens with zero attached hydrogens (tertiary/aromatic N) is 2. The molecule has 0 fully saturated rings. The standard InChI is InChI=1S/C27H29N2/c1-18(2)27-28(19(3)4)25-23-16-10-8-14-21(23)22-15-9-11-17-24(22)26(25)29(27)20-12-6-5-7-13-20/h5-19,25-26H,1-4H3/q+1/t25-,26+/m1/s1. The maximum atomic E-state index is 2.68. The Morgan fingerprint density at radius 1 is 0.690 bits per heavy atom. The highest BCUT2D eigenvalue weighted by Crippen LogP contribution is 2.53. The first-order chi connectivity index (χ1) is 14.1. The Hall–Kier alpha value is -2.87. The summed E-state index contributed by atoms with van der Waals surface area (Å²) >= 11 is 0. The second-order valence-electron chi connectivity index (χ2n) is 8.78. The molecule has 2 aliphatic rings. The molecule has 29 heavy (non-hydrogen) atoms. The lowest BCUT2D eigenvalue weighted by molar-refractivity contribution is -0.597. The Labute approximate surface area is 174 Å². The van der Waals surface area contributed by atoms with Crippen LogP contribution in [-0.4, -0.2) is 16.5 Å². The summed E-state index contributed by atoms with van der Waals surface area (Å²) in [6.45, 7) is 9.32. The average Bonchev–Trinajstić information content (AvgIpc) is 3.12. The van der Waals surface area contributed by atoms with Crippen LogP contribution in [0.2, 0.25) is 0 Å². The number of rotatable bonds is 3. The van der Waals surface area contributed by atoms with E-state index in [4.69, 9.17) is 0 Å². The van der Waals surface area contributed by atoms with Crippen LogP contribution in [0, 0.1) is 5.92 Å². The van der Waals surface area contributed by atoms with E-state index in [1.165, 1.54) is 33.8 Å². The number of anilines is 1. The highest BCUT2D eigenvalue weighted by atomic mass is 15.4. The molecule has 1 heterocycles. The van der Waals surface area contributed by atoms with Gasteiger partial charge in [0.15, 0.2) is 12.1 Å². The molecule has 0 radical (unpaired) electrons. The Morgan fingerprint density at radius 2 is 1.24 bits per heavy atom. The first kappa shape index (κ1) is 18.2. The predicted octanol–water partition coefficient (Wildman–Crippen LogP) is 6.45. The number of para-hydroxylation sites is 1. The first-order valence-corrected chi connectivity index (χ1v) is 10.8. The SMILES string of the molecule is CC(C)C1=[N+](C(C)C)[C@@H]2c3ccccc3-c3ccccc3[C@@H]2N1c1ccccc1. The maximum absolute atomic E-state index is 2.68. The van der Waals surface area contributed by atoms with Gasteiger partial charge in [-0.25, -0.2) is 4.90 Å². The first-order valence-electron chi connectivity index (χ1n) is 10.8. The Kier molecular flexibility index (Phi) is 4.31. The van der Waals surface area contributed by atoms with Crippen LogP contribution in [0.5, 0.6) is 0 Å². The molecule has 0 N–H and O–H groups in total. The van der Waals surface area contributed by atoms with Crippen molar-refractivity contribution in [2.75, 3.05) is 4.90 Å². The molecule has 0 saturated carbocycles. The lowest BCUT2D eigenvalue weighted by Crippen LogP contribution is -2.36. The van der Waals surface area contributed by atoms with Crippen molar-refractivity contribution in [1.29, 1.82) is 0 Å². The smallest absolute Gasteiger partial charge is 0.251 e. The third-order valence-electron chi connectivity index (χ3n) is 6.34. The molecule has 0 amide bonds. The topological polar surface area (TPSA) is 6.25 Å². The van der Waals surface area contributed by atoms with Crippen LogP contribution < -0.4 is 4.90 Å². The molecule has 0 spiro atoms. The summed E-state index contributed by atoms with van der Waals surface area (Å²) in [5.74, 6) is 1.86. The van der Waals surface area contributed by atoms with Gasteiger partial charge in [-0.3, -0.25) is 4.58 Å². The van der Waals surface area contributed by atoms with Crippen molar-refractivity contribution < 1.29 is 4.58 Å². The summed E-state index contributed by atoms with van der Waals surface area (Å²) < 4.78 is 2.68. The number of fused-ring (bicyclic) bond motifs is 6. The third kappa shape index (κ3) is 2.66. The minimum Gasteiger partial charge on any atom is -0.251 e. The number of hydrogen-bond acceptors (Lipinski definition) is 1. The second kappa shape index (κ2) is 6.88. The summed E-state index contributed by atoms with van der Waals surface area (Å²) in [7, 11) is 0. The fraction of sp³-hybridized carbons (Fsp3) is 0.296. The molecule has 1 aliphatic heterocycles. The van der Waals surface area contributed by atoms with E-state index in [0.717, 1.165) is 0 Å². The quantitative estimate of drug-likeness (QED) is 0.473. The largest absolute Gasteiger partial charge is 0.256 e. The van der Waals surface area contributed by atoms with E-state index in [1.807, 2.05) is 0 Å². The molecular formula is C27H29N2+. The molecule has 2 atom stereocenters. The van der Waals surface area contributed by atoms with E-state index >= 15 is 0 Å². The van der Waals surface area contributed by atoms with Crippen LogP contribution in [0.4, 0.5) is 5.69 Å². The normalized spacial score (nSPS) is 20.1. The summed E-state index contributed by atoms with van der Waals surface area (Å²) in [4.78, 5) is 2.62. The summed E-state index contributed by atoms with van der Waals surface area (Å²) in [6.07, 6.45) is 0. The highest BCUT2D eigenvalue weighted by molar-refractivity contribution is 5.99. The Morgan fingerprint density at radius 3 is 1.86 bits per heavy atom. The van der Waals surface area contributed by atoms with Crippen molar-refractivity contribution in [1.82, 2.24) is 0 Å². The van der Waals surface area contributed by atoms with Gasteiger partial charge in [0.2, 0.25) is 0 Å². The van der Waals surface area contributed by atoms with Gasteiger partial charge in [0.05, 0.1) is 12.0 Å². The van der Waals surface area contributed by atoms with E-state index in [9.17, 15) is 0 Å². The zero-order valence-corrected chi connectivity index (χ0v) is 17.7. The van der Waals surface area contributed by atoms with Crippen molar-refractivity contribution in [3.05, 3.63) is 90.0 Å². The van der Waals surface area contributed by atoms with Crippen LogP contribution in [0.1, 0.15) is 50.9 Å². The molecular weight excluding hydrogens is 352 g/mol. The molecule has 2 heteroatoms. The molecule has 3 aromatic carbocycles. The van der Waals surface area contributed by atoms with Crippen molar-refractivity contribution in [2.45, 2.75) is 45.8 Å². The molecule has 0 saturated heterocycles. The highest BCUT2D eigenvalue weighted by Gasteiger charge is 2.54. The zero-order valence-electron chi connectivity index (χ0n) is 17.7. The van der Waals surface area contributed by atoms with Gasteiger partial charge < -0.3 is 0 Å². The molecule has 0 unspecified atom stereocenters. The van der Waals surface area contributed by atoms with Gasteiger partial charge in [0.25, 0.3) is 5.84 Å². The van der Waals surface area contributed by atoms with Gasteiger partial charge in [-0.2, -0.15) is 0 Å². The van der Waals surface area contributed by atoms with Crippen LogP contribution in [0.3, 0.4) is 0 Å². The van der Waals surface area contributed by atoms with Gasteiger partial charge >= 0.3 is 0 Å².